The van der Waals surface area contributed by atoms with Gasteiger partial charge in [0.1, 0.15) is 0 Å². The van der Waals surface area contributed by atoms with E-state index in [1.165, 1.54) is 0 Å². The molecular formula is C19H11ClN4O. The summed E-state index contributed by atoms with van der Waals surface area (Å²) in [6, 6.07) is 18.4. The van der Waals surface area contributed by atoms with Gasteiger partial charge in [-0.05, 0) is 48.5 Å². The first-order chi connectivity index (χ1) is 12.2. The molecule has 3 aromatic heterocycles. The highest BCUT2D eigenvalue weighted by Crippen LogP contribution is 2.24. The molecule has 6 heteroatoms. The van der Waals surface area contributed by atoms with Gasteiger partial charge in [0.2, 0.25) is 0 Å². The van der Waals surface area contributed by atoms with Gasteiger partial charge in [-0.1, -0.05) is 23.7 Å². The maximum atomic E-state index is 13.2. The van der Waals surface area contributed by atoms with E-state index in [0.29, 0.717) is 27.2 Å². The third kappa shape index (κ3) is 1.99. The number of pyridine rings is 1. The van der Waals surface area contributed by atoms with Crippen LogP contribution in [0.15, 0.2) is 71.7 Å². The molecular weight excluding hydrogens is 336 g/mol. The molecule has 0 unspecified atom stereocenters. The van der Waals surface area contributed by atoms with Crippen molar-refractivity contribution < 1.29 is 0 Å². The number of rotatable bonds is 1. The van der Waals surface area contributed by atoms with E-state index in [1.807, 2.05) is 42.5 Å². The predicted octanol–water partition coefficient (Wildman–Crippen LogP) is 3.84. The summed E-state index contributed by atoms with van der Waals surface area (Å²) in [7, 11) is 0. The molecule has 0 fully saturated rings. The summed E-state index contributed by atoms with van der Waals surface area (Å²) in [5.41, 5.74) is 2.59. The zero-order chi connectivity index (χ0) is 17.0. The molecule has 0 aliphatic carbocycles. The van der Waals surface area contributed by atoms with Crippen LogP contribution in [0, 0.1) is 0 Å². The Morgan fingerprint density at radius 2 is 1.60 bits per heavy atom. The van der Waals surface area contributed by atoms with Crippen LogP contribution in [0.25, 0.3) is 33.3 Å². The standard InChI is InChI=1S/C19H11ClN4O/c20-12-7-9-13(10-8-12)23-17-15(5-3-11-21-17)18-22-16-6-2-1-4-14(16)19(25)24(18)23/h1-11H. The van der Waals surface area contributed by atoms with Gasteiger partial charge in [-0.15, -0.1) is 0 Å². The fourth-order valence-corrected chi connectivity index (χ4v) is 3.26. The first kappa shape index (κ1) is 14.2. The fraction of sp³-hybridized carbons (Fsp3) is 0. The maximum Gasteiger partial charge on any atom is 0.281 e. The van der Waals surface area contributed by atoms with Gasteiger partial charge in [0.05, 0.1) is 22.0 Å². The van der Waals surface area contributed by atoms with Crippen LogP contribution in [0.1, 0.15) is 0 Å². The van der Waals surface area contributed by atoms with Crippen LogP contribution in [0.4, 0.5) is 0 Å². The highest BCUT2D eigenvalue weighted by atomic mass is 35.5. The summed E-state index contributed by atoms with van der Waals surface area (Å²) >= 11 is 6.01. The van der Waals surface area contributed by atoms with Crippen LogP contribution >= 0.6 is 11.6 Å². The third-order valence-electron chi connectivity index (χ3n) is 4.25. The summed E-state index contributed by atoms with van der Waals surface area (Å²) in [6.07, 6.45) is 1.71. The lowest BCUT2D eigenvalue weighted by Gasteiger charge is -2.08. The average Bonchev–Trinajstić information content (AvgIpc) is 2.98. The molecule has 0 amide bonds. The number of aromatic nitrogens is 4. The molecule has 0 aliphatic rings. The van der Waals surface area contributed by atoms with Gasteiger partial charge in [-0.25, -0.2) is 14.6 Å². The van der Waals surface area contributed by atoms with Gasteiger partial charge in [0, 0.05) is 11.2 Å². The minimum Gasteiger partial charge on any atom is -0.267 e. The number of fused-ring (bicyclic) bond motifs is 4. The van der Waals surface area contributed by atoms with E-state index in [4.69, 9.17) is 16.6 Å². The maximum absolute atomic E-state index is 13.2. The van der Waals surface area contributed by atoms with Crippen molar-refractivity contribution in [1.82, 2.24) is 19.2 Å². The summed E-state index contributed by atoms with van der Waals surface area (Å²) in [4.78, 5) is 22.4. The molecule has 2 aromatic carbocycles. The fourth-order valence-electron chi connectivity index (χ4n) is 3.14. The van der Waals surface area contributed by atoms with Crippen molar-refractivity contribution in [1.29, 1.82) is 0 Å². The van der Waals surface area contributed by atoms with Gasteiger partial charge in [-0.3, -0.25) is 4.79 Å². The highest BCUT2D eigenvalue weighted by molar-refractivity contribution is 6.30. The number of nitrogens with zero attached hydrogens (tertiary/aromatic N) is 4. The normalized spacial score (nSPS) is 11.6. The zero-order valence-corrected chi connectivity index (χ0v) is 13.7. The molecule has 3 heterocycles. The molecule has 0 saturated carbocycles. The minimum absolute atomic E-state index is 0.131. The Kier molecular flexibility index (Phi) is 2.93. The lowest BCUT2D eigenvalue weighted by Crippen LogP contribution is -2.20. The first-order valence-electron chi connectivity index (χ1n) is 7.77. The van der Waals surface area contributed by atoms with Crippen LogP contribution in [0.5, 0.6) is 0 Å². The van der Waals surface area contributed by atoms with Gasteiger partial charge in [-0.2, -0.15) is 4.52 Å². The van der Waals surface area contributed by atoms with Crippen LogP contribution in [-0.4, -0.2) is 19.2 Å². The molecule has 0 radical (unpaired) electrons. The summed E-state index contributed by atoms with van der Waals surface area (Å²) in [5.74, 6) is 0. The van der Waals surface area contributed by atoms with Crippen molar-refractivity contribution in [2.75, 3.05) is 0 Å². The Bertz CT molecular complexity index is 1320. The summed E-state index contributed by atoms with van der Waals surface area (Å²) in [5, 5.41) is 2.02. The van der Waals surface area contributed by atoms with E-state index in [-0.39, 0.29) is 5.56 Å². The molecule has 0 spiro atoms. The van der Waals surface area contributed by atoms with E-state index in [2.05, 4.69) is 4.98 Å². The average molecular weight is 347 g/mol. The molecule has 5 nitrogen and oxygen atoms in total. The van der Waals surface area contributed by atoms with Gasteiger partial charge in [0.25, 0.3) is 5.56 Å². The molecule has 5 rings (SSSR count). The summed E-state index contributed by atoms with van der Waals surface area (Å²) in [6.45, 7) is 0. The molecule has 25 heavy (non-hydrogen) atoms. The van der Waals surface area contributed by atoms with E-state index in [9.17, 15) is 4.79 Å². The number of hydrogen-bond acceptors (Lipinski definition) is 3. The Hall–Kier alpha value is -3.18. The Balaban J connectivity index is 2.06. The number of halogens is 1. The Morgan fingerprint density at radius 1 is 0.840 bits per heavy atom. The second-order valence-electron chi connectivity index (χ2n) is 5.73. The van der Waals surface area contributed by atoms with Gasteiger partial charge >= 0.3 is 0 Å². The predicted molar refractivity (Wildman–Crippen MR) is 98.6 cm³/mol. The van der Waals surface area contributed by atoms with Gasteiger partial charge < -0.3 is 0 Å². The number of para-hydroxylation sites is 1. The van der Waals surface area contributed by atoms with Crippen LogP contribution < -0.4 is 5.56 Å². The molecule has 120 valence electrons. The van der Waals surface area contributed by atoms with E-state index < -0.39 is 0 Å². The van der Waals surface area contributed by atoms with Crippen molar-refractivity contribution in [3.63, 3.8) is 0 Å². The summed E-state index contributed by atoms with van der Waals surface area (Å²) < 4.78 is 3.35. The quantitative estimate of drug-likeness (QED) is 0.463. The van der Waals surface area contributed by atoms with Crippen molar-refractivity contribution in [2.24, 2.45) is 0 Å². The molecule has 0 saturated heterocycles. The van der Waals surface area contributed by atoms with Crippen molar-refractivity contribution in [3.8, 4) is 5.69 Å². The largest absolute Gasteiger partial charge is 0.281 e. The number of benzene rings is 2. The molecule has 0 N–H and O–H groups in total. The zero-order valence-electron chi connectivity index (χ0n) is 12.9. The van der Waals surface area contributed by atoms with Crippen LogP contribution in [-0.2, 0) is 0 Å². The SMILES string of the molecule is O=c1c2ccccc2nc2c3cccnc3n(-c3ccc(Cl)cc3)n12. The van der Waals surface area contributed by atoms with Crippen LogP contribution in [0.3, 0.4) is 0 Å². The second kappa shape index (κ2) is 5.16. The first-order valence-corrected chi connectivity index (χ1v) is 8.15. The van der Waals surface area contributed by atoms with Crippen molar-refractivity contribution in [2.45, 2.75) is 0 Å². The van der Waals surface area contributed by atoms with Crippen LogP contribution in [0.2, 0.25) is 5.02 Å². The topological polar surface area (TPSA) is 52.2 Å². The molecule has 0 bridgehead atoms. The number of hydrogen-bond donors (Lipinski definition) is 0. The molecule has 0 atom stereocenters. The highest BCUT2D eigenvalue weighted by Gasteiger charge is 2.17. The Labute approximate surface area is 146 Å². The lowest BCUT2D eigenvalue weighted by atomic mass is 10.2. The second-order valence-corrected chi connectivity index (χ2v) is 6.17. The molecule has 5 aromatic rings. The minimum atomic E-state index is -0.131. The smallest absolute Gasteiger partial charge is 0.267 e. The van der Waals surface area contributed by atoms with E-state index in [1.54, 1.807) is 33.6 Å². The van der Waals surface area contributed by atoms with E-state index in [0.717, 1.165) is 11.1 Å². The van der Waals surface area contributed by atoms with E-state index >= 15 is 0 Å². The van der Waals surface area contributed by atoms with Crippen molar-refractivity contribution >= 4 is 39.2 Å². The molecule has 0 aliphatic heterocycles. The van der Waals surface area contributed by atoms with Crippen molar-refractivity contribution in [3.05, 3.63) is 82.2 Å². The van der Waals surface area contributed by atoms with Gasteiger partial charge in [0.15, 0.2) is 11.3 Å². The third-order valence-corrected chi connectivity index (χ3v) is 4.51. The monoisotopic (exact) mass is 346 g/mol. The lowest BCUT2D eigenvalue weighted by molar-refractivity contribution is 0.786. The Morgan fingerprint density at radius 3 is 2.44 bits per heavy atom.